The number of morpholine rings is 1. The number of aromatic nitrogens is 1. The number of carbonyl (C=O) groups is 1. The van der Waals surface area contributed by atoms with Crippen LogP contribution in [0.4, 0.5) is 5.13 Å². The van der Waals surface area contributed by atoms with E-state index >= 15 is 0 Å². The van der Waals surface area contributed by atoms with Gasteiger partial charge in [0.05, 0.1) is 30.0 Å². The van der Waals surface area contributed by atoms with Crippen LogP contribution >= 0.6 is 11.3 Å². The maximum atomic E-state index is 13.1. The van der Waals surface area contributed by atoms with E-state index < -0.39 is 0 Å². The first-order valence-corrected chi connectivity index (χ1v) is 10.6. The average molecular weight is 405 g/mol. The molecule has 1 N–H and O–H groups in total. The number of nitrogens with one attached hydrogen (secondary N) is 1. The monoisotopic (exact) mass is 404 g/mol. The summed E-state index contributed by atoms with van der Waals surface area (Å²) in [6, 6.07) is 6.11. The van der Waals surface area contributed by atoms with Gasteiger partial charge in [-0.05, 0) is 18.6 Å². The molecule has 0 bridgehead atoms. The molecule has 1 aromatic carbocycles. The average Bonchev–Trinajstić information content (AvgIpc) is 3.17. The first kappa shape index (κ1) is 19.2. The van der Waals surface area contributed by atoms with Crippen molar-refractivity contribution in [2.75, 3.05) is 57.5 Å². The van der Waals surface area contributed by atoms with Crippen LogP contribution in [0.2, 0.25) is 0 Å². The lowest BCUT2D eigenvalue weighted by molar-refractivity contribution is -0.908. The molecule has 2 aliphatic heterocycles. The number of fused-ring (bicyclic) bond motifs is 1. The van der Waals surface area contributed by atoms with Gasteiger partial charge in [0.25, 0.3) is 5.91 Å². The summed E-state index contributed by atoms with van der Waals surface area (Å²) in [5.41, 5.74) is 2.07. The summed E-state index contributed by atoms with van der Waals surface area (Å²) in [7, 11) is 0. The quantitative estimate of drug-likeness (QED) is 0.782. The molecule has 1 fully saturated rings. The van der Waals surface area contributed by atoms with Crippen molar-refractivity contribution in [1.29, 1.82) is 0 Å². The van der Waals surface area contributed by atoms with Crippen molar-refractivity contribution in [3.63, 3.8) is 0 Å². The number of anilines is 1. The number of rotatable bonds is 6. The van der Waals surface area contributed by atoms with Crippen molar-refractivity contribution >= 4 is 32.6 Å². The zero-order valence-corrected chi connectivity index (χ0v) is 16.9. The Labute approximate surface area is 168 Å². The van der Waals surface area contributed by atoms with Gasteiger partial charge in [0.1, 0.15) is 32.6 Å². The highest BCUT2D eigenvalue weighted by Crippen LogP contribution is 2.31. The van der Waals surface area contributed by atoms with Gasteiger partial charge in [0, 0.05) is 13.0 Å². The van der Waals surface area contributed by atoms with Crippen LogP contribution in [0.5, 0.6) is 0 Å². The number of nitrogens with zero attached hydrogens (tertiary/aromatic N) is 2. The van der Waals surface area contributed by atoms with E-state index in [1.165, 1.54) is 11.2 Å². The zero-order valence-electron chi connectivity index (χ0n) is 16.1. The summed E-state index contributed by atoms with van der Waals surface area (Å²) in [5, 5.41) is 0.710. The molecule has 8 heteroatoms. The molecule has 1 amide bonds. The van der Waals surface area contributed by atoms with Crippen molar-refractivity contribution in [2.24, 2.45) is 0 Å². The summed E-state index contributed by atoms with van der Waals surface area (Å²) in [6.45, 7) is 8.18. The normalized spacial score (nSPS) is 17.7. The van der Waals surface area contributed by atoms with Crippen LogP contribution in [0.15, 0.2) is 30.2 Å². The fourth-order valence-electron chi connectivity index (χ4n) is 3.48. The number of thiazole rings is 1. The Balaban J connectivity index is 1.53. The van der Waals surface area contributed by atoms with Crippen LogP contribution in [0.1, 0.15) is 12.0 Å². The number of hydrogen-bond acceptors (Lipinski definition) is 6. The van der Waals surface area contributed by atoms with Crippen LogP contribution in [-0.4, -0.2) is 63.5 Å². The highest BCUT2D eigenvalue weighted by molar-refractivity contribution is 7.22. The summed E-state index contributed by atoms with van der Waals surface area (Å²) in [4.78, 5) is 21.2. The van der Waals surface area contributed by atoms with Gasteiger partial charge >= 0.3 is 0 Å². The van der Waals surface area contributed by atoms with E-state index in [-0.39, 0.29) is 11.7 Å². The van der Waals surface area contributed by atoms with Gasteiger partial charge in [-0.1, -0.05) is 23.5 Å². The van der Waals surface area contributed by atoms with Crippen molar-refractivity contribution < 1.29 is 23.9 Å². The lowest BCUT2D eigenvalue weighted by Crippen LogP contribution is -3.14. The van der Waals surface area contributed by atoms with Gasteiger partial charge in [-0.3, -0.25) is 9.69 Å². The summed E-state index contributed by atoms with van der Waals surface area (Å²) in [6.07, 6.45) is 2.31. The Morgan fingerprint density at radius 3 is 2.86 bits per heavy atom. The minimum atomic E-state index is -0.187. The first-order valence-electron chi connectivity index (χ1n) is 9.76. The molecule has 4 rings (SSSR count). The molecule has 0 unspecified atom stereocenters. The molecule has 0 atom stereocenters. The van der Waals surface area contributed by atoms with Gasteiger partial charge in [0.2, 0.25) is 5.76 Å². The van der Waals surface area contributed by atoms with Crippen molar-refractivity contribution in [3.05, 3.63) is 35.8 Å². The van der Waals surface area contributed by atoms with E-state index in [1.54, 1.807) is 16.2 Å². The number of carbonyl (C=O) groups excluding carboxylic acids is 1. The largest absolute Gasteiger partial charge is 0.494 e. The van der Waals surface area contributed by atoms with Crippen LogP contribution in [-0.2, 0) is 19.0 Å². The molecule has 0 saturated carbocycles. The van der Waals surface area contributed by atoms with E-state index in [2.05, 4.69) is 0 Å². The Kier molecular flexibility index (Phi) is 6.09. The molecule has 1 saturated heterocycles. The zero-order chi connectivity index (χ0) is 19.3. The maximum Gasteiger partial charge on any atom is 0.298 e. The molecule has 28 heavy (non-hydrogen) atoms. The summed E-state index contributed by atoms with van der Waals surface area (Å²) in [5.74, 6) is 0.0642. The lowest BCUT2D eigenvalue weighted by atomic mass is 10.2. The van der Waals surface area contributed by atoms with E-state index in [0.29, 0.717) is 24.9 Å². The van der Waals surface area contributed by atoms with Crippen LogP contribution in [0.3, 0.4) is 0 Å². The fraction of sp³-hybridized carbons (Fsp3) is 0.500. The van der Waals surface area contributed by atoms with E-state index in [0.717, 1.165) is 55.0 Å². The summed E-state index contributed by atoms with van der Waals surface area (Å²) >= 11 is 1.54. The molecular formula is C20H26N3O4S+. The third-order valence-electron chi connectivity index (χ3n) is 5.06. The predicted molar refractivity (Wildman–Crippen MR) is 108 cm³/mol. The highest BCUT2D eigenvalue weighted by atomic mass is 32.1. The number of amides is 1. The topological polar surface area (TPSA) is 65.3 Å². The van der Waals surface area contributed by atoms with Crippen LogP contribution < -0.4 is 9.80 Å². The minimum absolute atomic E-state index is 0.187. The van der Waals surface area contributed by atoms with Crippen LogP contribution in [0, 0.1) is 6.92 Å². The predicted octanol–water partition coefficient (Wildman–Crippen LogP) is 1.13. The Morgan fingerprint density at radius 1 is 1.25 bits per heavy atom. The standard InChI is InChI=1S/C20H25N3O4S/c1-15-4-2-5-17-18(15)21-20(28-17)23(19(24)16-14-26-12-13-27-16)7-3-6-22-8-10-25-11-9-22/h2,4-5,14H,3,6-13H2,1H3/p+1. The molecule has 150 valence electrons. The molecule has 1 aromatic heterocycles. The third kappa shape index (κ3) is 4.29. The second-order valence-electron chi connectivity index (χ2n) is 7.04. The van der Waals surface area contributed by atoms with E-state index in [4.69, 9.17) is 19.2 Å². The smallest absolute Gasteiger partial charge is 0.298 e. The highest BCUT2D eigenvalue weighted by Gasteiger charge is 2.27. The third-order valence-corrected chi connectivity index (χ3v) is 6.10. The van der Waals surface area contributed by atoms with Gasteiger partial charge in [-0.25, -0.2) is 4.98 Å². The van der Waals surface area contributed by atoms with Gasteiger partial charge in [-0.15, -0.1) is 0 Å². The molecule has 3 heterocycles. The molecular weight excluding hydrogens is 378 g/mol. The van der Waals surface area contributed by atoms with Crippen molar-refractivity contribution in [3.8, 4) is 0 Å². The number of para-hydroxylation sites is 1. The van der Waals surface area contributed by atoms with E-state index in [9.17, 15) is 4.79 Å². The van der Waals surface area contributed by atoms with Gasteiger partial charge < -0.3 is 19.1 Å². The number of ether oxygens (including phenoxy) is 3. The second-order valence-corrected chi connectivity index (χ2v) is 8.05. The Morgan fingerprint density at radius 2 is 2.11 bits per heavy atom. The number of benzene rings is 1. The number of quaternary nitrogens is 1. The molecule has 7 nitrogen and oxygen atoms in total. The second kappa shape index (κ2) is 8.89. The maximum absolute atomic E-state index is 13.1. The number of aryl methyl sites for hydroxylation is 1. The molecule has 0 spiro atoms. The van der Waals surface area contributed by atoms with Gasteiger partial charge in [-0.2, -0.15) is 0 Å². The molecule has 0 aliphatic carbocycles. The molecule has 2 aromatic rings. The van der Waals surface area contributed by atoms with Crippen molar-refractivity contribution in [1.82, 2.24) is 4.98 Å². The van der Waals surface area contributed by atoms with Crippen molar-refractivity contribution in [2.45, 2.75) is 13.3 Å². The lowest BCUT2D eigenvalue weighted by Gasteiger charge is -2.26. The Bertz CT molecular complexity index is 860. The fourth-order valence-corrected chi connectivity index (χ4v) is 4.55. The Hall–Kier alpha value is -2.16. The summed E-state index contributed by atoms with van der Waals surface area (Å²) < 4.78 is 17.3. The molecule has 2 aliphatic rings. The van der Waals surface area contributed by atoms with Crippen LogP contribution in [0.25, 0.3) is 10.2 Å². The molecule has 0 radical (unpaired) electrons. The van der Waals surface area contributed by atoms with Gasteiger partial charge in [0.15, 0.2) is 5.13 Å². The minimum Gasteiger partial charge on any atom is -0.494 e. The first-order chi connectivity index (χ1) is 13.7. The number of hydrogen-bond donors (Lipinski definition) is 1. The SMILES string of the molecule is Cc1cccc2sc(N(CCC[NH+]3CCOCC3)C(=O)C3=COCCO3)nc12. The van der Waals surface area contributed by atoms with E-state index in [1.807, 2.05) is 25.1 Å².